The molecular formula is C21H11BrClN3S. The molecule has 0 saturated carbocycles. The van der Waals surface area contributed by atoms with E-state index in [9.17, 15) is 5.26 Å². The van der Waals surface area contributed by atoms with Crippen molar-refractivity contribution in [3.63, 3.8) is 0 Å². The van der Waals surface area contributed by atoms with Gasteiger partial charge in [-0.25, -0.2) is 9.97 Å². The quantitative estimate of drug-likeness (QED) is 0.252. The Hall–Kier alpha value is -2.52. The highest BCUT2D eigenvalue weighted by Gasteiger charge is 2.11. The second kappa shape index (κ2) is 7.61. The van der Waals surface area contributed by atoms with Gasteiger partial charge in [-0.15, -0.1) is 11.3 Å². The van der Waals surface area contributed by atoms with Gasteiger partial charge in [0.25, 0.3) is 0 Å². The Morgan fingerprint density at radius 2 is 1.89 bits per heavy atom. The number of aromatic nitrogens is 2. The first-order valence-electron chi connectivity index (χ1n) is 8.03. The summed E-state index contributed by atoms with van der Waals surface area (Å²) in [6, 6.07) is 19.8. The average Bonchev–Trinajstić information content (AvgIpc) is 3.17. The van der Waals surface area contributed by atoms with Crippen molar-refractivity contribution >= 4 is 61.4 Å². The van der Waals surface area contributed by atoms with Crippen LogP contribution >= 0.6 is 38.9 Å². The number of nitriles is 1. The second-order valence-corrected chi connectivity index (χ2v) is 7.91. The van der Waals surface area contributed by atoms with E-state index in [1.807, 2.05) is 60.0 Å². The largest absolute Gasteiger partial charge is 0.235 e. The highest BCUT2D eigenvalue weighted by molar-refractivity contribution is 9.10. The Morgan fingerprint density at radius 1 is 1.11 bits per heavy atom. The van der Waals surface area contributed by atoms with Crippen LogP contribution < -0.4 is 0 Å². The van der Waals surface area contributed by atoms with Gasteiger partial charge in [-0.3, -0.25) is 0 Å². The number of para-hydroxylation sites is 1. The number of allylic oxidation sites excluding steroid dienone is 1. The molecular weight excluding hydrogens is 442 g/mol. The molecule has 0 spiro atoms. The molecule has 27 heavy (non-hydrogen) atoms. The molecule has 0 aliphatic rings. The SMILES string of the molecule is N#CC(=Cc1cc2ccccc2nc1Cl)c1nc(-c2ccc(Br)cc2)cs1. The van der Waals surface area contributed by atoms with Gasteiger partial charge in [0.2, 0.25) is 0 Å². The van der Waals surface area contributed by atoms with Crippen molar-refractivity contribution in [3.8, 4) is 17.3 Å². The van der Waals surface area contributed by atoms with Gasteiger partial charge in [0.05, 0.1) is 16.8 Å². The summed E-state index contributed by atoms with van der Waals surface area (Å²) in [4.78, 5) is 9.03. The van der Waals surface area contributed by atoms with Gasteiger partial charge in [-0.1, -0.05) is 57.9 Å². The van der Waals surface area contributed by atoms with Crippen molar-refractivity contribution in [1.82, 2.24) is 9.97 Å². The second-order valence-electron chi connectivity index (χ2n) is 5.78. The summed E-state index contributed by atoms with van der Waals surface area (Å²) in [6.07, 6.45) is 1.74. The zero-order valence-corrected chi connectivity index (χ0v) is 17.0. The Morgan fingerprint density at radius 3 is 2.67 bits per heavy atom. The van der Waals surface area contributed by atoms with Gasteiger partial charge >= 0.3 is 0 Å². The normalized spacial score (nSPS) is 11.5. The summed E-state index contributed by atoms with van der Waals surface area (Å²) in [5.41, 5.74) is 3.83. The number of hydrogen-bond donors (Lipinski definition) is 0. The van der Waals surface area contributed by atoms with E-state index >= 15 is 0 Å². The summed E-state index contributed by atoms with van der Waals surface area (Å²) in [5.74, 6) is 0. The molecule has 3 nitrogen and oxygen atoms in total. The number of hydrogen-bond acceptors (Lipinski definition) is 4. The molecule has 130 valence electrons. The van der Waals surface area contributed by atoms with E-state index in [2.05, 4.69) is 32.0 Å². The van der Waals surface area contributed by atoms with Gasteiger partial charge in [-0.2, -0.15) is 5.26 Å². The van der Waals surface area contributed by atoms with Gasteiger partial charge in [-0.05, 0) is 30.3 Å². The number of benzene rings is 2. The lowest BCUT2D eigenvalue weighted by Crippen LogP contribution is -1.87. The zero-order chi connectivity index (χ0) is 18.8. The van der Waals surface area contributed by atoms with Crippen LogP contribution in [0.3, 0.4) is 0 Å². The number of halogens is 2. The molecule has 0 amide bonds. The van der Waals surface area contributed by atoms with Crippen LogP contribution in [-0.4, -0.2) is 9.97 Å². The predicted octanol–water partition coefficient (Wildman–Crippen LogP) is 6.84. The van der Waals surface area contributed by atoms with Gasteiger partial charge in [0, 0.05) is 26.4 Å². The molecule has 0 atom stereocenters. The smallest absolute Gasteiger partial charge is 0.137 e. The first kappa shape index (κ1) is 17.9. The Labute approximate surface area is 173 Å². The molecule has 2 aromatic carbocycles. The topological polar surface area (TPSA) is 49.6 Å². The fourth-order valence-corrected chi connectivity index (χ4v) is 3.92. The number of thiazole rings is 1. The maximum Gasteiger partial charge on any atom is 0.137 e. The van der Waals surface area contributed by atoms with Crippen molar-refractivity contribution in [3.05, 3.63) is 80.2 Å². The Bertz CT molecular complexity index is 1210. The maximum absolute atomic E-state index is 9.64. The molecule has 0 bridgehead atoms. The molecule has 0 aliphatic heterocycles. The molecule has 2 aromatic heterocycles. The molecule has 0 radical (unpaired) electrons. The van der Waals surface area contributed by atoms with Crippen LogP contribution in [0.2, 0.25) is 5.15 Å². The van der Waals surface area contributed by atoms with Crippen molar-refractivity contribution in [2.24, 2.45) is 0 Å². The van der Waals surface area contributed by atoms with E-state index < -0.39 is 0 Å². The number of fused-ring (bicyclic) bond motifs is 1. The van der Waals surface area contributed by atoms with Crippen LogP contribution in [0.4, 0.5) is 0 Å². The summed E-state index contributed by atoms with van der Waals surface area (Å²) in [7, 11) is 0. The molecule has 6 heteroatoms. The molecule has 0 N–H and O–H groups in total. The minimum absolute atomic E-state index is 0.367. The third kappa shape index (κ3) is 3.79. The van der Waals surface area contributed by atoms with E-state index in [1.54, 1.807) is 6.08 Å². The van der Waals surface area contributed by atoms with E-state index in [-0.39, 0.29) is 0 Å². The van der Waals surface area contributed by atoms with Gasteiger partial charge in [0.15, 0.2) is 0 Å². The number of nitrogens with zero attached hydrogens (tertiary/aromatic N) is 3. The lowest BCUT2D eigenvalue weighted by Gasteiger charge is -2.02. The van der Waals surface area contributed by atoms with Crippen molar-refractivity contribution < 1.29 is 0 Å². The molecule has 4 rings (SSSR count). The predicted molar refractivity (Wildman–Crippen MR) is 115 cm³/mol. The van der Waals surface area contributed by atoms with Crippen LogP contribution in [0.5, 0.6) is 0 Å². The minimum atomic E-state index is 0.367. The summed E-state index contributed by atoms with van der Waals surface area (Å²) < 4.78 is 1.01. The monoisotopic (exact) mass is 451 g/mol. The zero-order valence-electron chi connectivity index (χ0n) is 13.9. The van der Waals surface area contributed by atoms with Crippen LogP contribution in [0.25, 0.3) is 33.8 Å². The standard InChI is InChI=1S/C21H11BrClN3S/c22-17-7-5-13(6-8-17)19-12-27-21(26-19)16(11-24)10-15-9-14-3-1-2-4-18(14)25-20(15)23/h1-10,12H. The molecule has 0 fully saturated rings. The van der Waals surface area contributed by atoms with Crippen molar-refractivity contribution in [1.29, 1.82) is 5.26 Å². The first-order valence-corrected chi connectivity index (χ1v) is 10.1. The Kier molecular flexibility index (Phi) is 5.04. The number of rotatable bonds is 3. The molecule has 2 heterocycles. The van der Waals surface area contributed by atoms with E-state index in [0.29, 0.717) is 21.3 Å². The van der Waals surface area contributed by atoms with Crippen LogP contribution in [-0.2, 0) is 0 Å². The average molecular weight is 453 g/mol. The maximum atomic E-state index is 9.64. The molecule has 0 unspecified atom stereocenters. The molecule has 0 aliphatic carbocycles. The van der Waals surface area contributed by atoms with Crippen LogP contribution in [0, 0.1) is 11.3 Å². The van der Waals surface area contributed by atoms with Gasteiger partial charge < -0.3 is 0 Å². The third-order valence-corrected chi connectivity index (χ3v) is 5.71. The fourth-order valence-electron chi connectivity index (χ4n) is 2.66. The fraction of sp³-hybridized carbons (Fsp3) is 0. The highest BCUT2D eigenvalue weighted by atomic mass is 79.9. The summed E-state index contributed by atoms with van der Waals surface area (Å²) in [5, 5.41) is 13.6. The highest BCUT2D eigenvalue weighted by Crippen LogP contribution is 2.30. The lowest BCUT2D eigenvalue weighted by atomic mass is 10.1. The first-order chi connectivity index (χ1) is 13.1. The third-order valence-electron chi connectivity index (χ3n) is 4.00. The van der Waals surface area contributed by atoms with Crippen LogP contribution in [0.15, 0.2) is 64.5 Å². The van der Waals surface area contributed by atoms with Crippen LogP contribution in [0.1, 0.15) is 10.6 Å². The molecule has 4 aromatic rings. The van der Waals surface area contributed by atoms with E-state index in [0.717, 1.165) is 26.6 Å². The summed E-state index contributed by atoms with van der Waals surface area (Å²) in [6.45, 7) is 0. The minimum Gasteiger partial charge on any atom is -0.235 e. The summed E-state index contributed by atoms with van der Waals surface area (Å²) >= 11 is 11.2. The number of pyridine rings is 1. The Balaban J connectivity index is 1.73. The van der Waals surface area contributed by atoms with E-state index in [1.165, 1.54) is 11.3 Å². The van der Waals surface area contributed by atoms with Gasteiger partial charge in [0.1, 0.15) is 16.2 Å². The van der Waals surface area contributed by atoms with E-state index in [4.69, 9.17) is 11.6 Å². The van der Waals surface area contributed by atoms with Crippen molar-refractivity contribution in [2.75, 3.05) is 0 Å². The van der Waals surface area contributed by atoms with Crippen molar-refractivity contribution in [2.45, 2.75) is 0 Å². The lowest BCUT2D eigenvalue weighted by molar-refractivity contribution is 1.36. The molecule has 0 saturated heterocycles.